The number of esters is 1. The number of nitrogen functional groups attached to an aromatic ring is 1. The van der Waals surface area contributed by atoms with Gasteiger partial charge in [-0.15, -0.1) is 0 Å². The van der Waals surface area contributed by atoms with Gasteiger partial charge < -0.3 is 20.7 Å². The summed E-state index contributed by atoms with van der Waals surface area (Å²) in [6, 6.07) is 6.51. The van der Waals surface area contributed by atoms with Gasteiger partial charge in [-0.3, -0.25) is 4.79 Å². The van der Waals surface area contributed by atoms with Gasteiger partial charge in [0.2, 0.25) is 0 Å². The zero-order valence-corrected chi connectivity index (χ0v) is 11.3. The minimum atomic E-state index is -0.644. The van der Waals surface area contributed by atoms with E-state index in [4.69, 9.17) is 15.7 Å². The molecule has 0 bridgehead atoms. The Balaban J connectivity index is 2.63. The fourth-order valence-electron chi connectivity index (χ4n) is 1.49. The van der Waals surface area contributed by atoms with Gasteiger partial charge in [-0.2, -0.15) is 5.26 Å². The number of nitrogens with zero attached hydrogens (tertiary/aromatic N) is 2. The number of nitrogens with two attached hydrogens (primary N) is 1. The summed E-state index contributed by atoms with van der Waals surface area (Å²) < 4.78 is 4.81. The minimum absolute atomic E-state index is 0.124. The van der Waals surface area contributed by atoms with Crippen molar-refractivity contribution in [3.8, 4) is 6.07 Å². The van der Waals surface area contributed by atoms with E-state index in [0.717, 1.165) is 5.69 Å². The van der Waals surface area contributed by atoms with Crippen LogP contribution in [-0.4, -0.2) is 39.1 Å². The van der Waals surface area contributed by atoms with Crippen molar-refractivity contribution >= 4 is 23.3 Å². The van der Waals surface area contributed by atoms with Crippen LogP contribution in [0, 0.1) is 11.3 Å². The summed E-state index contributed by atoms with van der Waals surface area (Å²) in [4.78, 5) is 24.7. The smallest absolute Gasteiger partial charge is 0.338 e. The molecule has 1 aromatic rings. The van der Waals surface area contributed by atoms with E-state index in [-0.39, 0.29) is 12.1 Å². The van der Waals surface area contributed by atoms with Crippen LogP contribution in [0.1, 0.15) is 10.4 Å². The Bertz CT molecular complexity index is 549. The first-order chi connectivity index (χ1) is 9.45. The Morgan fingerprint density at radius 2 is 2.15 bits per heavy atom. The molecule has 0 spiro atoms. The number of carbonyl (C=O) groups excluding carboxylic acids is 2. The van der Waals surface area contributed by atoms with Crippen molar-refractivity contribution < 1.29 is 14.3 Å². The minimum Gasteiger partial charge on any atom is -0.452 e. The largest absolute Gasteiger partial charge is 0.452 e. The summed E-state index contributed by atoms with van der Waals surface area (Å²) in [6.07, 6.45) is 0. The molecule has 0 aliphatic rings. The molecule has 7 nitrogen and oxygen atoms in total. The number of hydrogen-bond donors (Lipinski definition) is 2. The second-order valence-corrected chi connectivity index (χ2v) is 4.18. The quantitative estimate of drug-likeness (QED) is 0.449. The van der Waals surface area contributed by atoms with Crippen LogP contribution >= 0.6 is 0 Å². The van der Waals surface area contributed by atoms with Crippen LogP contribution in [0.4, 0.5) is 11.4 Å². The van der Waals surface area contributed by atoms with Gasteiger partial charge in [-0.05, 0) is 18.2 Å². The zero-order chi connectivity index (χ0) is 15.1. The number of nitriles is 1. The number of rotatable bonds is 5. The van der Waals surface area contributed by atoms with Gasteiger partial charge in [0.1, 0.15) is 6.54 Å². The zero-order valence-electron chi connectivity index (χ0n) is 11.3. The molecular formula is C13H16N4O3. The molecule has 0 unspecified atom stereocenters. The van der Waals surface area contributed by atoms with Crippen LogP contribution in [-0.2, 0) is 9.53 Å². The molecular weight excluding hydrogens is 260 g/mol. The summed E-state index contributed by atoms with van der Waals surface area (Å²) in [6.45, 7) is -0.559. The van der Waals surface area contributed by atoms with Crippen LogP contribution in [0.25, 0.3) is 0 Å². The lowest BCUT2D eigenvalue weighted by atomic mass is 10.1. The molecule has 0 aliphatic heterocycles. The van der Waals surface area contributed by atoms with E-state index in [9.17, 15) is 9.59 Å². The van der Waals surface area contributed by atoms with Gasteiger partial charge in [0, 0.05) is 14.1 Å². The Hall–Kier alpha value is -2.75. The molecule has 0 saturated carbocycles. The van der Waals surface area contributed by atoms with Crippen LogP contribution in [0.3, 0.4) is 0 Å². The monoisotopic (exact) mass is 276 g/mol. The van der Waals surface area contributed by atoms with Crippen molar-refractivity contribution in [1.82, 2.24) is 5.32 Å². The summed E-state index contributed by atoms with van der Waals surface area (Å²) in [5, 5.41) is 10.5. The second kappa shape index (κ2) is 6.99. The van der Waals surface area contributed by atoms with Gasteiger partial charge >= 0.3 is 5.97 Å². The third-order valence-corrected chi connectivity index (χ3v) is 2.44. The second-order valence-electron chi connectivity index (χ2n) is 4.18. The highest BCUT2D eigenvalue weighted by Crippen LogP contribution is 2.22. The maximum atomic E-state index is 11.7. The Labute approximate surface area is 116 Å². The maximum absolute atomic E-state index is 11.7. The first-order valence-corrected chi connectivity index (χ1v) is 5.83. The van der Waals surface area contributed by atoms with Crippen molar-refractivity contribution in [2.24, 2.45) is 0 Å². The van der Waals surface area contributed by atoms with Crippen molar-refractivity contribution in [3.63, 3.8) is 0 Å². The Kier molecular flexibility index (Phi) is 5.35. The molecule has 0 atom stereocenters. The average molecular weight is 276 g/mol. The van der Waals surface area contributed by atoms with Gasteiger partial charge in [0.05, 0.1) is 23.0 Å². The fourth-order valence-corrected chi connectivity index (χ4v) is 1.49. The predicted molar refractivity (Wildman–Crippen MR) is 74.1 cm³/mol. The maximum Gasteiger partial charge on any atom is 0.338 e. The lowest BCUT2D eigenvalue weighted by molar-refractivity contribution is -0.123. The van der Waals surface area contributed by atoms with E-state index in [1.165, 1.54) is 6.07 Å². The first-order valence-electron chi connectivity index (χ1n) is 5.83. The van der Waals surface area contributed by atoms with Crippen LogP contribution < -0.4 is 16.0 Å². The summed E-state index contributed by atoms with van der Waals surface area (Å²) in [5.74, 6) is -1.17. The van der Waals surface area contributed by atoms with Crippen molar-refractivity contribution in [3.05, 3.63) is 23.8 Å². The molecule has 0 fully saturated rings. The topological polar surface area (TPSA) is 108 Å². The average Bonchev–Trinajstić information content (AvgIpc) is 2.41. The Morgan fingerprint density at radius 3 is 2.70 bits per heavy atom. The first kappa shape index (κ1) is 15.3. The number of hydrogen-bond acceptors (Lipinski definition) is 6. The standard InChI is InChI=1S/C13H16N4O3/c1-17(2)11-4-3-9(7-10(11)15)13(19)20-8-12(18)16-6-5-14/h3-4,7H,6,8,15H2,1-2H3,(H,16,18). The van der Waals surface area contributed by atoms with Crippen LogP contribution in [0.5, 0.6) is 0 Å². The van der Waals surface area contributed by atoms with Gasteiger partial charge in [0.25, 0.3) is 5.91 Å². The molecule has 20 heavy (non-hydrogen) atoms. The molecule has 7 heteroatoms. The molecule has 0 aliphatic carbocycles. The Morgan fingerprint density at radius 1 is 1.45 bits per heavy atom. The van der Waals surface area contributed by atoms with Crippen LogP contribution in [0.15, 0.2) is 18.2 Å². The molecule has 3 N–H and O–H groups in total. The van der Waals surface area contributed by atoms with Crippen LogP contribution in [0.2, 0.25) is 0 Å². The number of amides is 1. The molecule has 1 amide bonds. The molecule has 0 heterocycles. The van der Waals surface area contributed by atoms with E-state index in [2.05, 4.69) is 5.32 Å². The van der Waals surface area contributed by atoms with Gasteiger partial charge in [0.15, 0.2) is 6.61 Å². The normalized spacial score (nSPS) is 9.45. The predicted octanol–water partition coefficient (Wildman–Crippen LogP) is 0.131. The third kappa shape index (κ3) is 4.17. The summed E-state index contributed by atoms with van der Waals surface area (Å²) in [7, 11) is 3.67. The molecule has 1 rings (SSSR count). The number of carbonyl (C=O) groups is 2. The van der Waals surface area contributed by atoms with E-state index in [0.29, 0.717) is 5.69 Å². The lowest BCUT2D eigenvalue weighted by Crippen LogP contribution is -2.29. The highest BCUT2D eigenvalue weighted by atomic mass is 16.5. The van der Waals surface area contributed by atoms with Crippen molar-refractivity contribution in [2.75, 3.05) is 37.9 Å². The summed E-state index contributed by atoms with van der Waals surface area (Å²) in [5.41, 5.74) is 7.31. The molecule has 0 radical (unpaired) electrons. The number of nitrogens with one attached hydrogen (secondary N) is 1. The van der Waals surface area contributed by atoms with Gasteiger partial charge in [-0.25, -0.2) is 4.79 Å². The van der Waals surface area contributed by atoms with E-state index in [1.54, 1.807) is 18.2 Å². The fraction of sp³-hybridized carbons (Fsp3) is 0.308. The number of benzene rings is 1. The molecule has 0 saturated heterocycles. The van der Waals surface area contributed by atoms with Crippen molar-refractivity contribution in [2.45, 2.75) is 0 Å². The molecule has 0 aromatic heterocycles. The molecule has 106 valence electrons. The molecule has 1 aromatic carbocycles. The highest BCUT2D eigenvalue weighted by Gasteiger charge is 2.12. The SMILES string of the molecule is CN(C)c1ccc(C(=O)OCC(=O)NCC#N)cc1N. The lowest BCUT2D eigenvalue weighted by Gasteiger charge is -2.15. The number of ether oxygens (including phenoxy) is 1. The van der Waals surface area contributed by atoms with E-state index in [1.807, 2.05) is 19.0 Å². The highest BCUT2D eigenvalue weighted by molar-refractivity contribution is 5.93. The third-order valence-electron chi connectivity index (χ3n) is 2.44. The van der Waals surface area contributed by atoms with Crippen molar-refractivity contribution in [1.29, 1.82) is 5.26 Å². The summed E-state index contributed by atoms with van der Waals surface area (Å²) >= 11 is 0. The van der Waals surface area contributed by atoms with E-state index < -0.39 is 18.5 Å². The number of anilines is 2. The van der Waals surface area contributed by atoms with Gasteiger partial charge in [-0.1, -0.05) is 0 Å². The van der Waals surface area contributed by atoms with E-state index >= 15 is 0 Å².